The van der Waals surface area contributed by atoms with E-state index in [4.69, 9.17) is 10.5 Å². The Bertz CT molecular complexity index is 708. The van der Waals surface area contributed by atoms with Gasteiger partial charge in [0.05, 0.1) is 24.4 Å². The van der Waals surface area contributed by atoms with E-state index in [0.29, 0.717) is 5.13 Å². The summed E-state index contributed by atoms with van der Waals surface area (Å²) < 4.78 is 5.80. The molecule has 2 atom stereocenters. The minimum Gasteiger partial charge on any atom is -0.372 e. The van der Waals surface area contributed by atoms with Crippen molar-refractivity contribution >= 4 is 28.1 Å². The summed E-state index contributed by atoms with van der Waals surface area (Å²) in [6.45, 7) is 5.90. The lowest BCUT2D eigenvalue weighted by Gasteiger charge is -2.37. The van der Waals surface area contributed by atoms with Gasteiger partial charge in [-0.3, -0.25) is 4.79 Å². The van der Waals surface area contributed by atoms with Crippen molar-refractivity contribution in [2.45, 2.75) is 26.1 Å². The topological polar surface area (TPSA) is 80.5 Å². The fourth-order valence-corrected chi connectivity index (χ4v) is 3.62. The normalized spacial score (nSPS) is 20.9. The van der Waals surface area contributed by atoms with Gasteiger partial charge in [-0.2, -0.15) is 0 Å². The Balaban J connectivity index is 1.79. The van der Waals surface area contributed by atoms with Crippen LogP contribution in [0.4, 0.5) is 10.8 Å². The molecule has 1 saturated heterocycles. The lowest BCUT2D eigenvalue weighted by atomic mass is 10.1. The lowest BCUT2D eigenvalue weighted by molar-refractivity contribution is -0.114. The summed E-state index contributed by atoms with van der Waals surface area (Å²) in [5.41, 5.74) is 8.36. The first-order valence-electron chi connectivity index (χ1n) is 8.01. The summed E-state index contributed by atoms with van der Waals surface area (Å²) in [7, 11) is 0. The number of aromatic nitrogens is 1. The Kier molecular flexibility index (Phi) is 5.13. The fourth-order valence-electron chi connectivity index (χ4n) is 2.88. The predicted octanol–water partition coefficient (Wildman–Crippen LogP) is 2.32. The Morgan fingerprint density at radius 1 is 1.42 bits per heavy atom. The Hall–Kier alpha value is -1.96. The van der Waals surface area contributed by atoms with E-state index in [1.807, 2.05) is 17.5 Å². The smallest absolute Gasteiger partial charge is 0.239 e. The predicted molar refractivity (Wildman–Crippen MR) is 97.5 cm³/mol. The number of carbonyl (C=O) groups is 1. The Labute approximate surface area is 145 Å². The lowest BCUT2D eigenvalue weighted by Crippen LogP contribution is -2.45. The largest absolute Gasteiger partial charge is 0.372 e. The van der Waals surface area contributed by atoms with Gasteiger partial charge in [-0.1, -0.05) is 12.1 Å². The first-order chi connectivity index (χ1) is 11.5. The second-order valence-electron chi connectivity index (χ2n) is 6.00. The van der Waals surface area contributed by atoms with Crippen molar-refractivity contribution < 1.29 is 9.53 Å². The van der Waals surface area contributed by atoms with E-state index in [1.54, 1.807) is 0 Å². The molecule has 0 saturated carbocycles. The van der Waals surface area contributed by atoms with Gasteiger partial charge in [0.15, 0.2) is 5.13 Å². The minimum absolute atomic E-state index is 0.0439. The third-order valence-corrected chi connectivity index (χ3v) is 4.62. The number of nitrogens with one attached hydrogen (secondary N) is 1. The van der Waals surface area contributed by atoms with Crippen molar-refractivity contribution in [3.05, 3.63) is 29.6 Å². The highest BCUT2D eigenvalue weighted by Gasteiger charge is 2.22. The van der Waals surface area contributed by atoms with Crippen molar-refractivity contribution in [1.82, 2.24) is 4.98 Å². The van der Waals surface area contributed by atoms with E-state index in [-0.39, 0.29) is 24.7 Å². The number of nitrogens with zero attached hydrogens (tertiary/aromatic N) is 2. The number of ether oxygens (including phenoxy) is 1. The molecule has 3 rings (SSSR count). The zero-order valence-corrected chi connectivity index (χ0v) is 14.7. The number of thiazole rings is 1. The van der Waals surface area contributed by atoms with Crippen molar-refractivity contribution in [1.29, 1.82) is 0 Å². The molecule has 0 bridgehead atoms. The molecule has 1 amide bonds. The average molecular weight is 346 g/mol. The SMILES string of the molecule is CC1CN(c2cccc(-c3csc(NC(=O)CN)n3)c2)CC(C)O1. The molecule has 24 heavy (non-hydrogen) atoms. The number of hydrogen-bond acceptors (Lipinski definition) is 6. The molecule has 3 N–H and O–H groups in total. The minimum atomic E-state index is -0.235. The van der Waals surface area contributed by atoms with Crippen LogP contribution < -0.4 is 16.0 Å². The highest BCUT2D eigenvalue weighted by Crippen LogP contribution is 2.29. The Morgan fingerprint density at radius 3 is 2.88 bits per heavy atom. The number of rotatable bonds is 4. The summed E-state index contributed by atoms with van der Waals surface area (Å²) in [5, 5.41) is 5.20. The molecule has 0 aliphatic carbocycles. The monoisotopic (exact) mass is 346 g/mol. The number of morpholine rings is 1. The third-order valence-electron chi connectivity index (χ3n) is 3.86. The second-order valence-corrected chi connectivity index (χ2v) is 6.86. The molecule has 1 aliphatic rings. The van der Waals surface area contributed by atoms with Crippen molar-refractivity contribution in [3.8, 4) is 11.3 Å². The summed E-state index contributed by atoms with van der Waals surface area (Å²) in [5.74, 6) is -0.235. The molecule has 0 spiro atoms. The molecule has 1 aromatic heterocycles. The van der Waals surface area contributed by atoms with Gasteiger partial charge < -0.3 is 20.7 Å². The van der Waals surface area contributed by atoms with Crippen LogP contribution >= 0.6 is 11.3 Å². The molecule has 1 aliphatic heterocycles. The number of amides is 1. The third kappa shape index (κ3) is 3.92. The molecule has 2 heterocycles. The molecular formula is C17H22N4O2S. The van der Waals surface area contributed by atoms with E-state index in [0.717, 1.165) is 30.0 Å². The highest BCUT2D eigenvalue weighted by molar-refractivity contribution is 7.14. The Morgan fingerprint density at radius 2 is 2.17 bits per heavy atom. The average Bonchev–Trinajstić information content (AvgIpc) is 3.02. The maximum atomic E-state index is 11.4. The summed E-state index contributed by atoms with van der Waals surface area (Å²) in [4.78, 5) is 18.2. The van der Waals surface area contributed by atoms with E-state index in [1.165, 1.54) is 11.3 Å². The quantitative estimate of drug-likeness (QED) is 0.888. The van der Waals surface area contributed by atoms with Crippen LogP contribution in [0.3, 0.4) is 0 Å². The summed E-state index contributed by atoms with van der Waals surface area (Å²) in [6.07, 6.45) is 0.435. The van der Waals surface area contributed by atoms with Crippen LogP contribution in [-0.2, 0) is 9.53 Å². The van der Waals surface area contributed by atoms with Crippen LogP contribution in [-0.4, -0.2) is 42.7 Å². The van der Waals surface area contributed by atoms with Crippen LogP contribution in [0.15, 0.2) is 29.6 Å². The molecule has 0 radical (unpaired) electrons. The maximum absolute atomic E-state index is 11.4. The fraction of sp³-hybridized carbons (Fsp3) is 0.412. The van der Waals surface area contributed by atoms with Crippen molar-refractivity contribution in [3.63, 3.8) is 0 Å². The number of anilines is 2. The standard InChI is InChI=1S/C17H22N4O2S/c1-11-8-21(9-12(2)23-11)14-5-3-4-13(6-14)15-10-24-17(19-15)20-16(22)7-18/h3-6,10-12H,7-9,18H2,1-2H3,(H,19,20,22). The van der Waals surface area contributed by atoms with Crippen LogP contribution in [0.1, 0.15) is 13.8 Å². The van der Waals surface area contributed by atoms with Gasteiger partial charge in [0.2, 0.25) is 5.91 Å². The van der Waals surface area contributed by atoms with Crippen molar-refractivity contribution in [2.24, 2.45) is 5.73 Å². The van der Waals surface area contributed by atoms with Gasteiger partial charge >= 0.3 is 0 Å². The van der Waals surface area contributed by atoms with Gasteiger partial charge in [-0.05, 0) is 26.0 Å². The maximum Gasteiger partial charge on any atom is 0.239 e. The van der Waals surface area contributed by atoms with E-state index in [9.17, 15) is 4.79 Å². The molecule has 128 valence electrons. The molecule has 2 unspecified atom stereocenters. The van der Waals surface area contributed by atoms with Crippen LogP contribution in [0.5, 0.6) is 0 Å². The highest BCUT2D eigenvalue weighted by atomic mass is 32.1. The van der Waals surface area contributed by atoms with Gasteiger partial charge in [-0.15, -0.1) is 11.3 Å². The van der Waals surface area contributed by atoms with Crippen LogP contribution in [0.25, 0.3) is 11.3 Å². The molecule has 1 aromatic carbocycles. The second kappa shape index (κ2) is 7.29. The van der Waals surface area contributed by atoms with E-state index in [2.05, 4.69) is 41.2 Å². The first-order valence-corrected chi connectivity index (χ1v) is 8.89. The molecule has 2 aromatic rings. The van der Waals surface area contributed by atoms with Gasteiger partial charge in [0.1, 0.15) is 0 Å². The van der Waals surface area contributed by atoms with Crippen LogP contribution in [0.2, 0.25) is 0 Å². The van der Waals surface area contributed by atoms with E-state index >= 15 is 0 Å². The molecule has 7 heteroatoms. The number of hydrogen-bond donors (Lipinski definition) is 2. The number of nitrogens with two attached hydrogens (primary N) is 1. The van der Waals surface area contributed by atoms with Gasteiger partial charge in [0.25, 0.3) is 0 Å². The zero-order chi connectivity index (χ0) is 17.1. The van der Waals surface area contributed by atoms with Gasteiger partial charge in [0, 0.05) is 29.7 Å². The van der Waals surface area contributed by atoms with Crippen molar-refractivity contribution in [2.75, 3.05) is 29.9 Å². The van der Waals surface area contributed by atoms with Crippen LogP contribution in [0, 0.1) is 0 Å². The molecule has 1 fully saturated rings. The van der Waals surface area contributed by atoms with E-state index < -0.39 is 0 Å². The first kappa shape index (κ1) is 16.9. The molecule has 6 nitrogen and oxygen atoms in total. The zero-order valence-electron chi connectivity index (χ0n) is 13.9. The van der Waals surface area contributed by atoms with Gasteiger partial charge in [-0.25, -0.2) is 4.98 Å². The number of benzene rings is 1. The summed E-state index contributed by atoms with van der Waals surface area (Å²) in [6, 6.07) is 8.30. The summed E-state index contributed by atoms with van der Waals surface area (Å²) >= 11 is 1.40. The molecular weight excluding hydrogens is 324 g/mol. The number of carbonyl (C=O) groups excluding carboxylic acids is 1.